The van der Waals surface area contributed by atoms with Crippen molar-refractivity contribution in [3.05, 3.63) is 69.5 Å². The molecule has 0 spiro atoms. The molecule has 3 aromatic heterocycles. The predicted octanol–water partition coefficient (Wildman–Crippen LogP) is 4.35. The number of carbonyl (C=O) groups is 1. The van der Waals surface area contributed by atoms with Crippen LogP contribution in [-0.2, 0) is 17.2 Å². The highest BCUT2D eigenvalue weighted by atomic mass is 35.5. The van der Waals surface area contributed by atoms with Crippen molar-refractivity contribution < 1.29 is 19.0 Å². The van der Waals surface area contributed by atoms with Crippen LogP contribution in [0.5, 0.6) is 0 Å². The molecule has 4 atom stereocenters. The number of pyridine rings is 1. The van der Waals surface area contributed by atoms with Crippen molar-refractivity contribution in [1.82, 2.24) is 29.6 Å². The fourth-order valence-electron chi connectivity index (χ4n) is 7.13. The molecular formula is C30H31ClFN7O4. The number of anilines is 1. The summed E-state index contributed by atoms with van der Waals surface area (Å²) in [6.07, 6.45) is 5.35. The lowest BCUT2D eigenvalue weighted by Crippen LogP contribution is -2.35. The fraction of sp³-hybridized carbons (Fsp3) is 0.433. The van der Waals surface area contributed by atoms with Gasteiger partial charge in [-0.3, -0.25) is 4.79 Å². The van der Waals surface area contributed by atoms with Gasteiger partial charge in [0, 0.05) is 50.5 Å². The molecule has 2 saturated heterocycles. The molecule has 5 heterocycles. The van der Waals surface area contributed by atoms with Crippen LogP contribution >= 0.6 is 11.6 Å². The monoisotopic (exact) mass is 607 g/mol. The highest BCUT2D eigenvalue weighted by molar-refractivity contribution is 6.33. The smallest absolute Gasteiger partial charge is 0.404 e. The van der Waals surface area contributed by atoms with E-state index in [1.165, 1.54) is 10.6 Å². The number of aromatic nitrogens is 5. The number of hydrogen-bond donors (Lipinski definition) is 2. The molecule has 7 rings (SSSR count). The summed E-state index contributed by atoms with van der Waals surface area (Å²) < 4.78 is 24.3. The Bertz CT molecular complexity index is 1790. The van der Waals surface area contributed by atoms with Crippen LogP contribution in [0.2, 0.25) is 5.02 Å². The van der Waals surface area contributed by atoms with Crippen molar-refractivity contribution in [2.45, 2.75) is 37.3 Å². The minimum Gasteiger partial charge on any atom is -0.465 e. The molecule has 2 N–H and O–H groups in total. The second kappa shape index (κ2) is 10.6. The van der Waals surface area contributed by atoms with Crippen LogP contribution in [0.25, 0.3) is 22.4 Å². The number of amides is 1. The third-order valence-electron chi connectivity index (χ3n) is 9.34. The van der Waals surface area contributed by atoms with E-state index in [9.17, 15) is 14.7 Å². The summed E-state index contributed by atoms with van der Waals surface area (Å²) in [6.45, 7) is 1.98. The standard InChI is InChI=1S/C30H31ClFN7O4/c1-37-11-9-17(24(31)28(37)40)25-26-27(39(36-25)23-8-4-5-13-43-23)35-22(14-33-26)38-12-10-18-20(15-38)30(18,16-34-29(41)42)19-6-2-3-7-21(19)32/h2-3,6-7,9,11,14,18,20,23,34H,4-5,8,10,12-13,15-16H2,1H3,(H,41,42)/t18-,20+,23?,30-/m1/s1. The van der Waals surface area contributed by atoms with Crippen molar-refractivity contribution in [1.29, 1.82) is 0 Å². The van der Waals surface area contributed by atoms with Crippen molar-refractivity contribution in [3.8, 4) is 11.3 Å². The molecule has 3 fully saturated rings. The predicted molar refractivity (Wildman–Crippen MR) is 158 cm³/mol. The third kappa shape index (κ3) is 4.54. The van der Waals surface area contributed by atoms with Crippen molar-refractivity contribution >= 4 is 34.7 Å². The molecule has 2 aliphatic heterocycles. The molecule has 224 valence electrons. The molecule has 43 heavy (non-hydrogen) atoms. The van der Waals surface area contributed by atoms with Gasteiger partial charge in [0.2, 0.25) is 0 Å². The van der Waals surface area contributed by atoms with E-state index in [0.717, 1.165) is 25.7 Å². The second-order valence-corrected chi connectivity index (χ2v) is 12.0. The van der Waals surface area contributed by atoms with E-state index in [-0.39, 0.29) is 41.0 Å². The molecule has 3 aliphatic rings. The van der Waals surface area contributed by atoms with Crippen molar-refractivity contribution in [2.24, 2.45) is 18.9 Å². The number of nitrogens with one attached hydrogen (secondary N) is 1. The first-order valence-corrected chi connectivity index (χ1v) is 14.9. The van der Waals surface area contributed by atoms with Crippen LogP contribution in [0.3, 0.4) is 0 Å². The molecule has 0 bridgehead atoms. The maximum Gasteiger partial charge on any atom is 0.404 e. The molecule has 4 aromatic rings. The Morgan fingerprint density at radius 3 is 2.84 bits per heavy atom. The Morgan fingerprint density at radius 2 is 2.07 bits per heavy atom. The van der Waals surface area contributed by atoms with Crippen molar-refractivity contribution in [3.63, 3.8) is 0 Å². The van der Waals surface area contributed by atoms with E-state index in [0.29, 0.717) is 53.5 Å². The zero-order valence-corrected chi connectivity index (χ0v) is 24.3. The quantitative estimate of drug-likeness (QED) is 0.331. The molecule has 0 radical (unpaired) electrons. The van der Waals surface area contributed by atoms with Gasteiger partial charge >= 0.3 is 6.09 Å². The second-order valence-electron chi connectivity index (χ2n) is 11.6. The first kappa shape index (κ1) is 27.8. The summed E-state index contributed by atoms with van der Waals surface area (Å²) in [6, 6.07) is 8.38. The molecule has 13 heteroatoms. The van der Waals surface area contributed by atoms with Crippen LogP contribution in [-0.4, -0.2) is 61.8 Å². The first-order chi connectivity index (χ1) is 20.8. The third-order valence-corrected chi connectivity index (χ3v) is 9.71. The number of halogens is 2. The summed E-state index contributed by atoms with van der Waals surface area (Å²) >= 11 is 6.50. The lowest BCUT2D eigenvalue weighted by Gasteiger charge is -2.27. The van der Waals surface area contributed by atoms with Gasteiger partial charge in [0.15, 0.2) is 11.9 Å². The SMILES string of the molecule is Cn1ccc(-c2nn(C3CCCCO3)c3nc(N4CC[C@@H]5[C@H](C4)[C@@]5(CNC(=O)O)c4ccccc4F)cnc23)c(Cl)c1=O. The summed E-state index contributed by atoms with van der Waals surface area (Å²) in [5.74, 6) is 0.490. The Morgan fingerprint density at radius 1 is 1.23 bits per heavy atom. The molecule has 1 saturated carbocycles. The van der Waals surface area contributed by atoms with Gasteiger partial charge in [-0.05, 0) is 55.2 Å². The van der Waals surface area contributed by atoms with Crippen LogP contribution in [0.4, 0.5) is 15.0 Å². The minimum atomic E-state index is -1.13. The average Bonchev–Trinajstić information content (AvgIpc) is 3.51. The lowest BCUT2D eigenvalue weighted by molar-refractivity contribution is -0.0368. The Balaban J connectivity index is 1.26. The van der Waals surface area contributed by atoms with Gasteiger partial charge in [0.05, 0.1) is 6.20 Å². The number of benzene rings is 1. The Hall–Kier alpha value is -4.03. The van der Waals surface area contributed by atoms with E-state index < -0.39 is 11.5 Å². The number of piperidine rings is 1. The molecule has 1 aromatic carbocycles. The fourth-order valence-corrected chi connectivity index (χ4v) is 7.42. The molecule has 11 nitrogen and oxygen atoms in total. The van der Waals surface area contributed by atoms with Crippen LogP contribution < -0.4 is 15.8 Å². The summed E-state index contributed by atoms with van der Waals surface area (Å²) in [5, 5.41) is 16.8. The Labute approximate surface area is 251 Å². The number of ether oxygens (including phenoxy) is 1. The topological polar surface area (TPSA) is 127 Å². The molecule has 1 aliphatic carbocycles. The van der Waals surface area contributed by atoms with E-state index in [4.69, 9.17) is 31.4 Å². The summed E-state index contributed by atoms with van der Waals surface area (Å²) in [5.41, 5.74) is 1.57. The van der Waals surface area contributed by atoms with Gasteiger partial charge in [-0.25, -0.2) is 23.8 Å². The average molecular weight is 608 g/mol. The van der Waals surface area contributed by atoms with Gasteiger partial charge < -0.3 is 24.6 Å². The van der Waals surface area contributed by atoms with Gasteiger partial charge in [0.25, 0.3) is 5.56 Å². The highest BCUT2D eigenvalue weighted by Gasteiger charge is 2.67. The Kier molecular flexibility index (Phi) is 6.85. The van der Waals surface area contributed by atoms with Crippen LogP contribution in [0, 0.1) is 17.7 Å². The number of rotatable bonds is 6. The molecule has 1 unspecified atom stereocenters. The van der Waals surface area contributed by atoms with Crippen LogP contribution in [0.1, 0.15) is 37.5 Å². The minimum absolute atomic E-state index is 0.0315. The van der Waals surface area contributed by atoms with E-state index >= 15 is 4.39 Å². The van der Waals surface area contributed by atoms with Gasteiger partial charge in [-0.1, -0.05) is 29.8 Å². The van der Waals surface area contributed by atoms with Crippen molar-refractivity contribution in [2.75, 3.05) is 31.1 Å². The molecule has 1 amide bonds. The number of aryl methyl sites for hydroxylation is 1. The van der Waals surface area contributed by atoms with Gasteiger partial charge in [-0.15, -0.1) is 0 Å². The zero-order valence-electron chi connectivity index (χ0n) is 23.5. The number of fused-ring (bicyclic) bond motifs is 2. The first-order valence-electron chi connectivity index (χ1n) is 14.5. The highest BCUT2D eigenvalue weighted by Crippen LogP contribution is 2.63. The maximum atomic E-state index is 15.1. The maximum absolute atomic E-state index is 15.1. The molecular weight excluding hydrogens is 577 g/mol. The largest absolute Gasteiger partial charge is 0.465 e. The number of carboxylic acid groups (broad SMARTS) is 1. The zero-order chi connectivity index (χ0) is 29.9. The van der Waals surface area contributed by atoms with Gasteiger partial charge in [0.1, 0.15) is 27.9 Å². The lowest BCUT2D eigenvalue weighted by atomic mass is 9.90. The number of hydrogen-bond acceptors (Lipinski definition) is 7. The summed E-state index contributed by atoms with van der Waals surface area (Å²) in [4.78, 5) is 36.0. The van der Waals surface area contributed by atoms with Gasteiger partial charge in [-0.2, -0.15) is 5.10 Å². The van der Waals surface area contributed by atoms with E-state index in [1.54, 1.807) is 48.4 Å². The summed E-state index contributed by atoms with van der Waals surface area (Å²) in [7, 11) is 1.64. The number of nitrogens with zero attached hydrogens (tertiary/aromatic N) is 6. The van der Waals surface area contributed by atoms with E-state index in [2.05, 4.69) is 10.2 Å². The normalized spacial score (nSPS) is 25.0. The van der Waals surface area contributed by atoms with Crippen LogP contribution in [0.15, 0.2) is 47.5 Å². The van der Waals surface area contributed by atoms with E-state index in [1.807, 2.05) is 0 Å².